The highest BCUT2D eigenvalue weighted by Crippen LogP contribution is 2.33. The molecule has 5 rings (SSSR count). The molecule has 0 saturated carbocycles. The zero-order chi connectivity index (χ0) is 22.6. The molecule has 0 bridgehead atoms. The summed E-state index contributed by atoms with van der Waals surface area (Å²) in [5.74, 6) is 1.09. The maximum absolute atomic E-state index is 13.1. The van der Waals surface area contributed by atoms with Gasteiger partial charge in [0.05, 0.1) is 23.2 Å². The van der Waals surface area contributed by atoms with Crippen molar-refractivity contribution in [1.29, 1.82) is 0 Å². The number of benzene rings is 2. The van der Waals surface area contributed by atoms with Crippen molar-refractivity contribution in [2.45, 2.75) is 38.3 Å². The van der Waals surface area contributed by atoms with Gasteiger partial charge in [-0.25, -0.2) is 4.98 Å². The summed E-state index contributed by atoms with van der Waals surface area (Å²) in [7, 11) is 1.68. The van der Waals surface area contributed by atoms with Gasteiger partial charge in [0.1, 0.15) is 5.75 Å². The summed E-state index contributed by atoms with van der Waals surface area (Å²) >= 11 is 1.68. The molecule has 3 aromatic rings. The van der Waals surface area contributed by atoms with E-state index in [4.69, 9.17) is 9.72 Å². The van der Waals surface area contributed by atoms with Crippen molar-refractivity contribution in [2.75, 3.05) is 38.2 Å². The van der Waals surface area contributed by atoms with Crippen molar-refractivity contribution >= 4 is 32.6 Å². The largest absolute Gasteiger partial charge is 0.497 e. The van der Waals surface area contributed by atoms with Crippen LogP contribution in [0.3, 0.4) is 0 Å². The number of piperidine rings is 2. The van der Waals surface area contributed by atoms with Crippen molar-refractivity contribution in [1.82, 2.24) is 15.2 Å². The van der Waals surface area contributed by atoms with E-state index in [-0.39, 0.29) is 17.9 Å². The van der Waals surface area contributed by atoms with E-state index < -0.39 is 0 Å². The van der Waals surface area contributed by atoms with E-state index in [1.807, 2.05) is 18.2 Å². The minimum absolute atomic E-state index is 0.0302. The maximum Gasteiger partial charge on any atom is 0.225 e. The van der Waals surface area contributed by atoms with E-state index in [9.17, 15) is 4.79 Å². The summed E-state index contributed by atoms with van der Waals surface area (Å²) in [5.41, 5.74) is 2.35. The molecule has 1 aromatic heterocycles. The van der Waals surface area contributed by atoms with Crippen LogP contribution in [0.2, 0.25) is 0 Å². The first kappa shape index (κ1) is 22.2. The molecule has 1 amide bonds. The predicted octanol–water partition coefficient (Wildman–Crippen LogP) is 4.30. The highest BCUT2D eigenvalue weighted by molar-refractivity contribution is 7.22. The highest BCUT2D eigenvalue weighted by atomic mass is 32.1. The van der Waals surface area contributed by atoms with Gasteiger partial charge in [-0.3, -0.25) is 9.69 Å². The van der Waals surface area contributed by atoms with Crippen LogP contribution in [0.4, 0.5) is 5.13 Å². The standard InChI is InChI=1S/C26H32N4O2S/c1-32-22-9-10-23-24(16-22)33-26(28-23)30-13-5-8-20(18-30)25(31)27-21-11-14-29(15-12-21)17-19-6-3-2-4-7-19/h2-4,6-7,9-10,16,20-21H,5,8,11-15,17-18H2,1H3,(H,27,31). The number of fused-ring (bicyclic) bond motifs is 1. The minimum atomic E-state index is 0.0302. The summed E-state index contributed by atoms with van der Waals surface area (Å²) in [6.07, 6.45) is 4.02. The van der Waals surface area contributed by atoms with Gasteiger partial charge in [0.15, 0.2) is 5.13 Å². The predicted molar refractivity (Wildman–Crippen MR) is 134 cm³/mol. The van der Waals surface area contributed by atoms with Gasteiger partial charge in [-0.15, -0.1) is 0 Å². The lowest BCUT2D eigenvalue weighted by molar-refractivity contribution is -0.126. The van der Waals surface area contributed by atoms with Crippen LogP contribution in [0.5, 0.6) is 5.75 Å². The van der Waals surface area contributed by atoms with Crippen molar-refractivity contribution in [2.24, 2.45) is 5.92 Å². The highest BCUT2D eigenvalue weighted by Gasteiger charge is 2.29. The Labute approximate surface area is 199 Å². The number of likely N-dealkylation sites (tertiary alicyclic amines) is 1. The fourth-order valence-electron chi connectivity index (χ4n) is 4.92. The number of methoxy groups -OCH3 is 1. The van der Waals surface area contributed by atoms with Crippen molar-refractivity contribution in [3.8, 4) is 5.75 Å². The number of nitrogens with one attached hydrogen (secondary N) is 1. The van der Waals surface area contributed by atoms with Gasteiger partial charge >= 0.3 is 0 Å². The first-order chi connectivity index (χ1) is 16.2. The molecule has 33 heavy (non-hydrogen) atoms. The molecule has 3 heterocycles. The van der Waals surface area contributed by atoms with Gasteiger partial charge in [-0.2, -0.15) is 0 Å². The van der Waals surface area contributed by atoms with Crippen LogP contribution in [0, 0.1) is 5.92 Å². The second-order valence-electron chi connectivity index (χ2n) is 9.16. The summed E-state index contributed by atoms with van der Waals surface area (Å²) < 4.78 is 6.47. The van der Waals surface area contributed by atoms with Crippen molar-refractivity contribution < 1.29 is 9.53 Å². The van der Waals surface area contributed by atoms with E-state index >= 15 is 0 Å². The third-order valence-corrected chi connectivity index (χ3v) is 7.91. The molecule has 1 atom stereocenters. The molecule has 2 fully saturated rings. The molecule has 0 radical (unpaired) electrons. The number of hydrogen-bond donors (Lipinski definition) is 1. The number of rotatable bonds is 6. The zero-order valence-electron chi connectivity index (χ0n) is 19.2. The van der Waals surface area contributed by atoms with Gasteiger partial charge < -0.3 is 15.0 Å². The van der Waals surface area contributed by atoms with Crippen LogP contribution >= 0.6 is 11.3 Å². The van der Waals surface area contributed by atoms with Gasteiger partial charge in [0.2, 0.25) is 5.91 Å². The molecular weight excluding hydrogens is 432 g/mol. The third kappa shape index (κ3) is 5.31. The number of aromatic nitrogens is 1. The van der Waals surface area contributed by atoms with Gasteiger partial charge in [-0.1, -0.05) is 41.7 Å². The monoisotopic (exact) mass is 464 g/mol. The fourth-order valence-corrected chi connectivity index (χ4v) is 5.94. The maximum atomic E-state index is 13.1. The topological polar surface area (TPSA) is 57.7 Å². The van der Waals surface area contributed by atoms with E-state index in [0.717, 1.165) is 79.5 Å². The Kier molecular flexibility index (Phi) is 6.78. The number of ether oxygens (including phenoxy) is 1. The summed E-state index contributed by atoms with van der Waals surface area (Å²) in [5, 5.41) is 4.37. The number of carbonyl (C=O) groups is 1. The molecule has 2 aliphatic heterocycles. The molecule has 2 aliphatic rings. The Morgan fingerprint density at radius 2 is 1.94 bits per heavy atom. The quantitative estimate of drug-likeness (QED) is 0.589. The zero-order valence-corrected chi connectivity index (χ0v) is 20.0. The number of hydrogen-bond acceptors (Lipinski definition) is 6. The molecule has 2 saturated heterocycles. The van der Waals surface area contributed by atoms with Crippen LogP contribution in [-0.2, 0) is 11.3 Å². The number of amides is 1. The molecular formula is C26H32N4O2S. The Balaban J connectivity index is 1.14. The smallest absolute Gasteiger partial charge is 0.225 e. The molecule has 7 heteroatoms. The Hall–Kier alpha value is -2.64. The lowest BCUT2D eigenvalue weighted by Crippen LogP contribution is -2.49. The van der Waals surface area contributed by atoms with Crippen LogP contribution in [0.15, 0.2) is 48.5 Å². The number of thiazole rings is 1. The Morgan fingerprint density at radius 1 is 1.12 bits per heavy atom. The summed E-state index contributed by atoms with van der Waals surface area (Å²) in [6, 6.07) is 16.9. The van der Waals surface area contributed by atoms with Crippen molar-refractivity contribution in [3.05, 3.63) is 54.1 Å². The van der Waals surface area contributed by atoms with Gasteiger partial charge in [0.25, 0.3) is 0 Å². The normalized spacial score (nSPS) is 20.2. The minimum Gasteiger partial charge on any atom is -0.497 e. The first-order valence-corrected chi connectivity index (χ1v) is 12.8. The van der Waals surface area contributed by atoms with E-state index in [2.05, 4.69) is 45.4 Å². The fraction of sp³-hybridized carbons (Fsp3) is 0.462. The summed E-state index contributed by atoms with van der Waals surface area (Å²) in [6.45, 7) is 4.76. The van der Waals surface area contributed by atoms with E-state index in [1.165, 1.54) is 5.56 Å². The third-order valence-electron chi connectivity index (χ3n) is 6.83. The average Bonchev–Trinajstić information content (AvgIpc) is 3.29. The number of nitrogens with zero attached hydrogens (tertiary/aromatic N) is 3. The molecule has 0 aliphatic carbocycles. The number of anilines is 1. The molecule has 174 valence electrons. The molecule has 0 spiro atoms. The molecule has 1 unspecified atom stereocenters. The van der Waals surface area contributed by atoms with Crippen LogP contribution in [0.25, 0.3) is 10.2 Å². The van der Waals surface area contributed by atoms with Gasteiger partial charge in [-0.05, 0) is 49.4 Å². The van der Waals surface area contributed by atoms with Crippen LogP contribution in [-0.4, -0.2) is 55.1 Å². The average molecular weight is 465 g/mol. The summed E-state index contributed by atoms with van der Waals surface area (Å²) in [4.78, 5) is 22.7. The molecule has 1 N–H and O–H groups in total. The second-order valence-corrected chi connectivity index (χ2v) is 10.2. The number of carbonyl (C=O) groups excluding carboxylic acids is 1. The SMILES string of the molecule is COc1ccc2nc(N3CCCC(C(=O)NC4CCN(Cc5ccccc5)CC4)C3)sc2c1. The Bertz CT molecular complexity index is 1080. The van der Waals surface area contributed by atoms with Gasteiger partial charge in [0, 0.05) is 38.8 Å². The lowest BCUT2D eigenvalue weighted by atomic mass is 9.96. The lowest BCUT2D eigenvalue weighted by Gasteiger charge is -2.35. The Morgan fingerprint density at radius 3 is 2.73 bits per heavy atom. The molecule has 6 nitrogen and oxygen atoms in total. The van der Waals surface area contributed by atoms with Crippen LogP contribution in [0.1, 0.15) is 31.2 Å². The van der Waals surface area contributed by atoms with Crippen LogP contribution < -0.4 is 15.0 Å². The second kappa shape index (κ2) is 10.1. The molecule has 2 aromatic carbocycles. The first-order valence-electron chi connectivity index (χ1n) is 11.9. The van der Waals surface area contributed by atoms with E-state index in [0.29, 0.717) is 0 Å². The van der Waals surface area contributed by atoms with Crippen molar-refractivity contribution in [3.63, 3.8) is 0 Å². The van der Waals surface area contributed by atoms with E-state index in [1.54, 1.807) is 18.4 Å².